The van der Waals surface area contributed by atoms with E-state index in [4.69, 9.17) is 14.0 Å². The van der Waals surface area contributed by atoms with Crippen LogP contribution in [0.5, 0.6) is 0 Å². The number of hydrogen-bond acceptors (Lipinski definition) is 6. The Morgan fingerprint density at radius 1 is 1.29 bits per heavy atom. The van der Waals surface area contributed by atoms with Gasteiger partial charge in [0.05, 0.1) is 44.2 Å². The van der Waals surface area contributed by atoms with Crippen LogP contribution in [0.2, 0.25) is 0 Å². The minimum atomic E-state index is 0.0586. The van der Waals surface area contributed by atoms with Crippen LogP contribution in [0.3, 0.4) is 0 Å². The third kappa shape index (κ3) is 3.83. The fraction of sp³-hybridized carbons (Fsp3) is 0.800. The second-order valence-electron chi connectivity index (χ2n) is 6.05. The van der Waals surface area contributed by atoms with Crippen LogP contribution in [0.25, 0.3) is 0 Å². The number of nitrogens with one attached hydrogen (secondary N) is 1. The standard InChI is InChI=1S/C15H25N3O3/c1-2-3-16-15(11-20-12-15)9-13-8-14(21-17-13)10-18-4-6-19-7-5-18/h8,16H,2-7,9-12H2,1H3. The van der Waals surface area contributed by atoms with E-state index in [1.165, 1.54) is 0 Å². The summed E-state index contributed by atoms with van der Waals surface area (Å²) in [7, 11) is 0. The molecule has 0 saturated carbocycles. The van der Waals surface area contributed by atoms with Gasteiger partial charge in [-0.1, -0.05) is 12.1 Å². The second kappa shape index (κ2) is 6.87. The lowest BCUT2D eigenvalue weighted by Gasteiger charge is -2.42. The van der Waals surface area contributed by atoms with Crippen molar-refractivity contribution >= 4 is 0 Å². The number of aromatic nitrogens is 1. The molecule has 3 rings (SSSR count). The molecule has 2 saturated heterocycles. The first-order valence-corrected chi connectivity index (χ1v) is 7.87. The van der Waals surface area contributed by atoms with E-state index in [2.05, 4.69) is 28.4 Å². The quantitative estimate of drug-likeness (QED) is 0.803. The molecule has 0 atom stereocenters. The van der Waals surface area contributed by atoms with Gasteiger partial charge in [0.15, 0.2) is 5.76 Å². The normalized spacial score (nSPS) is 22.1. The van der Waals surface area contributed by atoms with Crippen molar-refractivity contribution in [2.75, 3.05) is 46.1 Å². The van der Waals surface area contributed by atoms with Crippen LogP contribution in [0.1, 0.15) is 24.8 Å². The molecule has 1 N–H and O–H groups in total. The number of morpholine rings is 1. The molecule has 0 unspecified atom stereocenters. The highest BCUT2D eigenvalue weighted by atomic mass is 16.5. The van der Waals surface area contributed by atoms with Crippen LogP contribution in [0.15, 0.2) is 10.6 Å². The highest BCUT2D eigenvalue weighted by Gasteiger charge is 2.38. The highest BCUT2D eigenvalue weighted by Crippen LogP contribution is 2.23. The molecule has 6 nitrogen and oxygen atoms in total. The molecule has 0 amide bonds. The molecule has 6 heteroatoms. The minimum Gasteiger partial charge on any atom is -0.379 e. The Morgan fingerprint density at radius 3 is 2.76 bits per heavy atom. The molecule has 0 aromatic carbocycles. The Bertz CT molecular complexity index is 439. The molecule has 118 valence electrons. The van der Waals surface area contributed by atoms with Gasteiger partial charge in [-0.2, -0.15) is 0 Å². The lowest BCUT2D eigenvalue weighted by Crippen LogP contribution is -2.62. The van der Waals surface area contributed by atoms with Gasteiger partial charge >= 0.3 is 0 Å². The van der Waals surface area contributed by atoms with Crippen molar-refractivity contribution in [3.05, 3.63) is 17.5 Å². The van der Waals surface area contributed by atoms with Crippen LogP contribution in [-0.2, 0) is 22.4 Å². The lowest BCUT2D eigenvalue weighted by atomic mass is 9.91. The summed E-state index contributed by atoms with van der Waals surface area (Å²) >= 11 is 0. The van der Waals surface area contributed by atoms with Crippen molar-refractivity contribution in [2.24, 2.45) is 0 Å². The average molecular weight is 295 g/mol. The van der Waals surface area contributed by atoms with Gasteiger partial charge in [0, 0.05) is 25.6 Å². The largest absolute Gasteiger partial charge is 0.379 e. The van der Waals surface area contributed by atoms with E-state index in [9.17, 15) is 0 Å². The summed E-state index contributed by atoms with van der Waals surface area (Å²) in [5, 5.41) is 7.82. The van der Waals surface area contributed by atoms with Gasteiger partial charge in [0.25, 0.3) is 0 Å². The molecule has 2 aliphatic heterocycles. The molecule has 1 aromatic heterocycles. The Morgan fingerprint density at radius 2 is 2.10 bits per heavy atom. The van der Waals surface area contributed by atoms with Crippen LogP contribution in [0, 0.1) is 0 Å². The van der Waals surface area contributed by atoms with Crippen molar-refractivity contribution in [1.82, 2.24) is 15.4 Å². The van der Waals surface area contributed by atoms with E-state index in [1.807, 2.05) is 0 Å². The Labute approximate surface area is 125 Å². The zero-order valence-corrected chi connectivity index (χ0v) is 12.8. The van der Waals surface area contributed by atoms with Gasteiger partial charge in [-0.3, -0.25) is 4.90 Å². The molecule has 0 radical (unpaired) electrons. The summed E-state index contributed by atoms with van der Waals surface area (Å²) in [6, 6.07) is 2.09. The molecule has 1 aromatic rings. The van der Waals surface area contributed by atoms with Crippen molar-refractivity contribution in [2.45, 2.75) is 31.8 Å². The molecular formula is C15H25N3O3. The maximum absolute atomic E-state index is 5.49. The van der Waals surface area contributed by atoms with Crippen LogP contribution in [-0.4, -0.2) is 61.7 Å². The molecule has 2 fully saturated rings. The van der Waals surface area contributed by atoms with Crippen molar-refractivity contribution < 1.29 is 14.0 Å². The van der Waals surface area contributed by atoms with Crippen molar-refractivity contribution in [3.63, 3.8) is 0 Å². The number of ether oxygens (including phenoxy) is 2. The maximum Gasteiger partial charge on any atom is 0.150 e. The van der Waals surface area contributed by atoms with E-state index in [1.54, 1.807) is 0 Å². The summed E-state index contributed by atoms with van der Waals surface area (Å²) in [5.74, 6) is 0.942. The van der Waals surface area contributed by atoms with Gasteiger partial charge in [-0.25, -0.2) is 0 Å². The van der Waals surface area contributed by atoms with Gasteiger partial charge in [-0.15, -0.1) is 0 Å². The smallest absolute Gasteiger partial charge is 0.150 e. The average Bonchev–Trinajstić information content (AvgIpc) is 2.90. The number of nitrogens with zero attached hydrogens (tertiary/aromatic N) is 2. The van der Waals surface area contributed by atoms with Crippen LogP contribution >= 0.6 is 0 Å². The molecule has 21 heavy (non-hydrogen) atoms. The Kier molecular flexibility index (Phi) is 4.90. The monoisotopic (exact) mass is 295 g/mol. The molecule has 3 heterocycles. The fourth-order valence-corrected chi connectivity index (χ4v) is 2.85. The summed E-state index contributed by atoms with van der Waals surface area (Å²) in [6.07, 6.45) is 2.00. The van der Waals surface area contributed by atoms with Crippen molar-refractivity contribution in [1.29, 1.82) is 0 Å². The van der Waals surface area contributed by atoms with Crippen LogP contribution < -0.4 is 5.32 Å². The van der Waals surface area contributed by atoms with Gasteiger partial charge in [0.2, 0.25) is 0 Å². The number of hydrogen-bond donors (Lipinski definition) is 1. The third-order valence-corrected chi connectivity index (χ3v) is 4.12. The second-order valence-corrected chi connectivity index (χ2v) is 6.05. The first-order valence-electron chi connectivity index (χ1n) is 7.87. The Hall–Kier alpha value is -0.950. The maximum atomic E-state index is 5.49. The van der Waals surface area contributed by atoms with E-state index in [0.717, 1.165) is 76.9 Å². The lowest BCUT2D eigenvalue weighted by molar-refractivity contribution is -0.0743. The first kappa shape index (κ1) is 15.0. The predicted octanol–water partition coefficient (Wildman–Crippen LogP) is 0.818. The number of rotatable bonds is 7. The minimum absolute atomic E-state index is 0.0586. The zero-order valence-electron chi connectivity index (χ0n) is 12.8. The first-order chi connectivity index (χ1) is 10.3. The van der Waals surface area contributed by atoms with Gasteiger partial charge < -0.3 is 19.3 Å². The van der Waals surface area contributed by atoms with Gasteiger partial charge in [-0.05, 0) is 13.0 Å². The Balaban J connectivity index is 1.54. The fourth-order valence-electron chi connectivity index (χ4n) is 2.85. The summed E-state index contributed by atoms with van der Waals surface area (Å²) in [4.78, 5) is 2.34. The summed E-state index contributed by atoms with van der Waals surface area (Å²) in [5.41, 5.74) is 1.08. The SMILES string of the molecule is CCCNC1(Cc2cc(CN3CCOCC3)on2)COC1. The molecule has 0 aliphatic carbocycles. The van der Waals surface area contributed by atoms with Crippen LogP contribution in [0.4, 0.5) is 0 Å². The van der Waals surface area contributed by atoms with Gasteiger partial charge in [0.1, 0.15) is 0 Å². The van der Waals surface area contributed by atoms with E-state index in [-0.39, 0.29) is 5.54 Å². The summed E-state index contributed by atoms with van der Waals surface area (Å²) < 4.78 is 16.2. The topological polar surface area (TPSA) is 59.8 Å². The van der Waals surface area contributed by atoms with E-state index in [0.29, 0.717) is 0 Å². The van der Waals surface area contributed by atoms with E-state index < -0.39 is 0 Å². The molecule has 0 bridgehead atoms. The third-order valence-electron chi connectivity index (χ3n) is 4.12. The van der Waals surface area contributed by atoms with E-state index >= 15 is 0 Å². The predicted molar refractivity (Wildman–Crippen MR) is 78.1 cm³/mol. The molecule has 2 aliphatic rings. The highest BCUT2D eigenvalue weighted by molar-refractivity contribution is 5.12. The van der Waals surface area contributed by atoms with Crippen molar-refractivity contribution in [3.8, 4) is 0 Å². The molecule has 0 spiro atoms. The summed E-state index contributed by atoms with van der Waals surface area (Å²) in [6.45, 7) is 9.08. The molecular weight excluding hydrogens is 270 g/mol. The zero-order chi connectivity index (χ0) is 14.5.